The van der Waals surface area contributed by atoms with Crippen molar-refractivity contribution in [1.82, 2.24) is 4.98 Å². The maximum atomic E-state index is 12.8. The van der Waals surface area contributed by atoms with E-state index in [9.17, 15) is 4.79 Å². The smallest absolute Gasteiger partial charge is 0.420 e. The highest BCUT2D eigenvalue weighted by molar-refractivity contribution is 5.96. The summed E-state index contributed by atoms with van der Waals surface area (Å²) in [7, 11) is 0. The summed E-state index contributed by atoms with van der Waals surface area (Å²) in [4.78, 5) is 18.6. The van der Waals surface area contributed by atoms with Gasteiger partial charge in [-0.2, -0.15) is 0 Å². The van der Waals surface area contributed by atoms with E-state index >= 15 is 0 Å². The number of para-hydroxylation sites is 2. The predicted octanol–water partition coefficient (Wildman–Crippen LogP) is 4.86. The highest BCUT2D eigenvalue weighted by Crippen LogP contribution is 2.34. The molecule has 0 aliphatic rings. The summed E-state index contributed by atoms with van der Waals surface area (Å²) in [6.45, 7) is 9.86. The van der Waals surface area contributed by atoms with Gasteiger partial charge in [0.2, 0.25) is 0 Å². The van der Waals surface area contributed by atoms with Crippen molar-refractivity contribution in [3.8, 4) is 5.75 Å². The van der Waals surface area contributed by atoms with Crippen LogP contribution in [0.25, 0.3) is 0 Å². The first-order valence-corrected chi connectivity index (χ1v) is 7.99. The molecule has 0 N–H and O–H groups in total. The molecule has 5 nitrogen and oxygen atoms in total. The molecule has 2 aromatic rings. The second-order valence-electron chi connectivity index (χ2n) is 6.41. The van der Waals surface area contributed by atoms with Gasteiger partial charge in [-0.15, -0.1) is 0 Å². The van der Waals surface area contributed by atoms with Crippen molar-refractivity contribution in [2.24, 2.45) is 0 Å². The maximum Gasteiger partial charge on any atom is 0.420 e. The fraction of sp³-hybridized carbons (Fsp3) is 0.368. The van der Waals surface area contributed by atoms with Crippen molar-refractivity contribution < 1.29 is 14.3 Å². The molecule has 5 heteroatoms. The van der Waals surface area contributed by atoms with Crippen molar-refractivity contribution in [3.63, 3.8) is 0 Å². The standard InChI is InChI=1S/C19H24N2O3/c1-6-23-16-10-8-7-9-15(16)21(18(22)24-19(3,4)5)17-13-14(2)11-12-20-17/h7-13H,6H2,1-5H3. The average Bonchev–Trinajstić information content (AvgIpc) is 2.48. The molecule has 0 unspecified atom stereocenters. The van der Waals surface area contributed by atoms with E-state index in [1.165, 1.54) is 4.90 Å². The van der Waals surface area contributed by atoms with E-state index in [2.05, 4.69) is 4.98 Å². The minimum absolute atomic E-state index is 0.493. The monoisotopic (exact) mass is 328 g/mol. The number of rotatable bonds is 4. The van der Waals surface area contributed by atoms with E-state index in [-0.39, 0.29) is 0 Å². The third kappa shape index (κ3) is 4.47. The fourth-order valence-corrected chi connectivity index (χ4v) is 2.18. The summed E-state index contributed by atoms with van der Waals surface area (Å²) in [5.74, 6) is 1.10. The lowest BCUT2D eigenvalue weighted by Crippen LogP contribution is -2.34. The van der Waals surface area contributed by atoms with Gasteiger partial charge in [-0.05, 0) is 64.4 Å². The number of nitrogens with zero attached hydrogens (tertiary/aromatic N) is 2. The molecule has 0 spiro atoms. The minimum atomic E-state index is -0.611. The lowest BCUT2D eigenvalue weighted by atomic mass is 10.2. The van der Waals surface area contributed by atoms with Crippen molar-refractivity contribution in [1.29, 1.82) is 0 Å². The van der Waals surface area contributed by atoms with Gasteiger partial charge in [-0.1, -0.05) is 12.1 Å². The molecule has 0 aliphatic carbocycles. The SMILES string of the molecule is CCOc1ccccc1N(C(=O)OC(C)(C)C)c1cc(C)ccn1. The summed E-state index contributed by atoms with van der Waals surface area (Å²) in [5.41, 5.74) is 0.994. The topological polar surface area (TPSA) is 51.7 Å². The quantitative estimate of drug-likeness (QED) is 0.804. The molecule has 1 heterocycles. The van der Waals surface area contributed by atoms with Gasteiger partial charge in [0.25, 0.3) is 0 Å². The molecule has 1 aromatic carbocycles. The third-order valence-electron chi connectivity index (χ3n) is 3.11. The number of anilines is 2. The molecule has 0 saturated heterocycles. The zero-order chi connectivity index (χ0) is 17.7. The van der Waals surface area contributed by atoms with E-state index in [0.717, 1.165) is 5.56 Å². The number of hydrogen-bond donors (Lipinski definition) is 0. The number of hydrogen-bond acceptors (Lipinski definition) is 4. The minimum Gasteiger partial charge on any atom is -0.492 e. The molecule has 0 atom stereocenters. The summed E-state index contributed by atoms with van der Waals surface area (Å²) in [5, 5.41) is 0. The van der Waals surface area contributed by atoms with Crippen molar-refractivity contribution in [2.75, 3.05) is 11.5 Å². The predicted molar refractivity (Wildman–Crippen MR) is 95.0 cm³/mol. The Kier molecular flexibility index (Phi) is 5.44. The fourth-order valence-electron chi connectivity index (χ4n) is 2.18. The Hall–Kier alpha value is -2.56. The van der Waals surface area contributed by atoms with Gasteiger partial charge < -0.3 is 9.47 Å². The lowest BCUT2D eigenvalue weighted by molar-refractivity contribution is 0.0597. The van der Waals surface area contributed by atoms with E-state index < -0.39 is 11.7 Å². The van der Waals surface area contributed by atoms with Crippen LogP contribution in [0.3, 0.4) is 0 Å². The van der Waals surface area contributed by atoms with E-state index in [0.29, 0.717) is 23.9 Å². The van der Waals surface area contributed by atoms with Gasteiger partial charge in [-0.25, -0.2) is 14.7 Å². The Bertz CT molecular complexity index is 708. The number of pyridine rings is 1. The van der Waals surface area contributed by atoms with Crippen molar-refractivity contribution in [3.05, 3.63) is 48.2 Å². The number of carbonyl (C=O) groups excluding carboxylic acids is 1. The number of ether oxygens (including phenoxy) is 2. The Balaban J connectivity index is 2.53. The Morgan fingerprint density at radius 3 is 2.54 bits per heavy atom. The van der Waals surface area contributed by atoms with Crippen LogP contribution in [0.5, 0.6) is 5.75 Å². The summed E-state index contributed by atoms with van der Waals surface area (Å²) in [6.07, 6.45) is 1.18. The summed E-state index contributed by atoms with van der Waals surface area (Å²) < 4.78 is 11.2. The Morgan fingerprint density at radius 1 is 1.21 bits per heavy atom. The molecular formula is C19H24N2O3. The Labute approximate surface area is 143 Å². The summed E-state index contributed by atoms with van der Waals surface area (Å²) >= 11 is 0. The van der Waals surface area contributed by atoms with E-state index in [1.807, 2.05) is 71.0 Å². The average molecular weight is 328 g/mol. The lowest BCUT2D eigenvalue weighted by Gasteiger charge is -2.28. The van der Waals surface area contributed by atoms with Crippen LogP contribution < -0.4 is 9.64 Å². The zero-order valence-corrected chi connectivity index (χ0v) is 14.9. The first-order valence-electron chi connectivity index (χ1n) is 7.99. The molecule has 128 valence electrons. The van der Waals surface area contributed by atoms with Crippen LogP contribution in [-0.4, -0.2) is 23.3 Å². The molecule has 0 radical (unpaired) electrons. The number of carbonyl (C=O) groups is 1. The van der Waals surface area contributed by atoms with Crippen LogP contribution in [0.15, 0.2) is 42.6 Å². The first-order chi connectivity index (χ1) is 11.3. The van der Waals surface area contributed by atoms with Crippen LogP contribution in [-0.2, 0) is 4.74 Å². The van der Waals surface area contributed by atoms with Crippen molar-refractivity contribution >= 4 is 17.6 Å². The van der Waals surface area contributed by atoms with E-state index in [1.54, 1.807) is 6.20 Å². The van der Waals surface area contributed by atoms with Gasteiger partial charge in [-0.3, -0.25) is 0 Å². The maximum absolute atomic E-state index is 12.8. The third-order valence-corrected chi connectivity index (χ3v) is 3.11. The molecule has 1 amide bonds. The number of aromatic nitrogens is 1. The second-order valence-corrected chi connectivity index (χ2v) is 6.41. The van der Waals surface area contributed by atoms with Crippen molar-refractivity contribution in [2.45, 2.75) is 40.2 Å². The largest absolute Gasteiger partial charge is 0.492 e. The summed E-state index contributed by atoms with van der Waals surface area (Å²) in [6, 6.07) is 11.1. The highest BCUT2D eigenvalue weighted by atomic mass is 16.6. The van der Waals surface area contributed by atoms with Gasteiger partial charge in [0.1, 0.15) is 17.2 Å². The van der Waals surface area contributed by atoms with Crippen LogP contribution in [0.1, 0.15) is 33.3 Å². The van der Waals surface area contributed by atoms with Crippen LogP contribution in [0.4, 0.5) is 16.3 Å². The van der Waals surface area contributed by atoms with E-state index in [4.69, 9.17) is 9.47 Å². The normalized spacial score (nSPS) is 11.0. The Morgan fingerprint density at radius 2 is 1.92 bits per heavy atom. The molecule has 1 aromatic heterocycles. The molecule has 0 aliphatic heterocycles. The molecule has 24 heavy (non-hydrogen) atoms. The van der Waals surface area contributed by atoms with Gasteiger partial charge in [0.05, 0.1) is 12.3 Å². The number of aryl methyl sites for hydroxylation is 1. The van der Waals surface area contributed by atoms with Gasteiger partial charge in [0.15, 0.2) is 0 Å². The molecule has 0 saturated carbocycles. The molecule has 0 fully saturated rings. The molecular weight excluding hydrogens is 304 g/mol. The molecule has 0 bridgehead atoms. The van der Waals surface area contributed by atoms with Crippen LogP contribution in [0, 0.1) is 6.92 Å². The second kappa shape index (κ2) is 7.34. The molecule has 2 rings (SSSR count). The van der Waals surface area contributed by atoms with Crippen LogP contribution >= 0.6 is 0 Å². The number of amides is 1. The zero-order valence-electron chi connectivity index (χ0n) is 14.9. The van der Waals surface area contributed by atoms with Crippen LogP contribution in [0.2, 0.25) is 0 Å². The number of benzene rings is 1. The highest BCUT2D eigenvalue weighted by Gasteiger charge is 2.27. The van der Waals surface area contributed by atoms with Gasteiger partial charge in [0, 0.05) is 6.20 Å². The van der Waals surface area contributed by atoms with Gasteiger partial charge >= 0.3 is 6.09 Å². The first kappa shape index (κ1) is 17.8.